The molecule has 3 heteroatoms. The SMILES string of the molecule is C[C@@H]1[C@]2(CC[C@@](C)(Cl)[C@H](Br)C2)[C@@]2(C)CC[C@]1(C)O2. The molecule has 1 saturated carbocycles. The fraction of sp³-hybridized carbons (Fsp3) is 1.00. The van der Waals surface area contributed by atoms with Crippen LogP contribution < -0.4 is 0 Å². The van der Waals surface area contributed by atoms with E-state index in [0.717, 1.165) is 12.8 Å². The molecule has 2 heterocycles. The van der Waals surface area contributed by atoms with Gasteiger partial charge in [-0.2, -0.15) is 0 Å². The summed E-state index contributed by atoms with van der Waals surface area (Å²) in [6.07, 6.45) is 5.89. The Bertz CT molecular complexity index is 385. The first kappa shape index (κ1) is 13.7. The highest BCUT2D eigenvalue weighted by molar-refractivity contribution is 9.09. The number of hydrogen-bond acceptors (Lipinski definition) is 1. The Balaban J connectivity index is 1.97. The molecule has 0 amide bonds. The van der Waals surface area contributed by atoms with Crippen LogP contribution in [0.25, 0.3) is 0 Å². The van der Waals surface area contributed by atoms with Crippen LogP contribution in [0.3, 0.4) is 0 Å². The topological polar surface area (TPSA) is 9.23 Å². The highest BCUT2D eigenvalue weighted by Gasteiger charge is 2.70. The monoisotopic (exact) mass is 334 g/mol. The van der Waals surface area contributed by atoms with Crippen LogP contribution >= 0.6 is 27.5 Å². The van der Waals surface area contributed by atoms with Crippen LogP contribution in [0.4, 0.5) is 0 Å². The Hall–Kier alpha value is 0.730. The van der Waals surface area contributed by atoms with E-state index in [9.17, 15) is 0 Å². The Kier molecular flexibility index (Phi) is 2.80. The van der Waals surface area contributed by atoms with Crippen molar-refractivity contribution < 1.29 is 4.74 Å². The van der Waals surface area contributed by atoms with E-state index in [4.69, 9.17) is 16.3 Å². The first-order valence-electron chi connectivity index (χ1n) is 7.18. The maximum atomic E-state index is 6.63. The predicted molar refractivity (Wildman–Crippen MR) is 79.6 cm³/mol. The molecule has 3 aliphatic rings. The number of alkyl halides is 2. The largest absolute Gasteiger partial charge is 0.368 e. The highest BCUT2D eigenvalue weighted by Crippen LogP contribution is 2.69. The van der Waals surface area contributed by atoms with E-state index in [0.29, 0.717) is 16.2 Å². The normalized spacial score (nSPS) is 63.7. The number of hydrogen-bond donors (Lipinski definition) is 0. The molecule has 6 atom stereocenters. The first-order valence-corrected chi connectivity index (χ1v) is 8.48. The van der Waals surface area contributed by atoms with Crippen molar-refractivity contribution >= 4 is 27.5 Å². The molecular weight excluding hydrogens is 312 g/mol. The molecule has 2 aliphatic heterocycles. The van der Waals surface area contributed by atoms with Gasteiger partial charge in [0.15, 0.2) is 0 Å². The van der Waals surface area contributed by atoms with Crippen molar-refractivity contribution in [2.24, 2.45) is 11.3 Å². The smallest absolute Gasteiger partial charge is 0.0723 e. The van der Waals surface area contributed by atoms with Gasteiger partial charge in [-0.25, -0.2) is 0 Å². The minimum absolute atomic E-state index is 0.0700. The molecule has 0 N–H and O–H groups in total. The zero-order valence-electron chi connectivity index (χ0n) is 11.9. The Morgan fingerprint density at radius 3 is 2.28 bits per heavy atom. The van der Waals surface area contributed by atoms with Crippen LogP contribution in [-0.4, -0.2) is 20.9 Å². The van der Waals surface area contributed by atoms with E-state index in [2.05, 4.69) is 43.6 Å². The van der Waals surface area contributed by atoms with Crippen molar-refractivity contribution in [3.8, 4) is 0 Å². The number of fused-ring (bicyclic) bond motifs is 3. The van der Waals surface area contributed by atoms with Crippen molar-refractivity contribution in [3.63, 3.8) is 0 Å². The minimum Gasteiger partial charge on any atom is -0.368 e. The van der Waals surface area contributed by atoms with Gasteiger partial charge in [0.2, 0.25) is 0 Å². The summed E-state index contributed by atoms with van der Waals surface area (Å²) >= 11 is 10.5. The second kappa shape index (κ2) is 3.68. The van der Waals surface area contributed by atoms with E-state index in [1.807, 2.05) is 0 Å². The zero-order chi connectivity index (χ0) is 13.4. The van der Waals surface area contributed by atoms with Crippen LogP contribution in [0, 0.1) is 11.3 Å². The summed E-state index contributed by atoms with van der Waals surface area (Å²) in [7, 11) is 0. The maximum Gasteiger partial charge on any atom is 0.0723 e. The average Bonchev–Trinajstić information content (AvgIpc) is 2.66. The van der Waals surface area contributed by atoms with Crippen molar-refractivity contribution in [1.82, 2.24) is 0 Å². The lowest BCUT2D eigenvalue weighted by Crippen LogP contribution is -2.55. The third kappa shape index (κ3) is 1.49. The summed E-state index contributed by atoms with van der Waals surface area (Å²) in [6, 6.07) is 0. The first-order chi connectivity index (χ1) is 8.15. The van der Waals surface area contributed by atoms with E-state index in [1.165, 1.54) is 19.3 Å². The van der Waals surface area contributed by atoms with E-state index in [-0.39, 0.29) is 16.1 Å². The van der Waals surface area contributed by atoms with Gasteiger partial charge in [0.05, 0.1) is 16.1 Å². The summed E-state index contributed by atoms with van der Waals surface area (Å²) in [4.78, 5) is 0.301. The third-order valence-electron chi connectivity index (χ3n) is 6.61. The van der Waals surface area contributed by atoms with Crippen molar-refractivity contribution in [2.75, 3.05) is 0 Å². The lowest BCUT2D eigenvalue weighted by molar-refractivity contribution is -0.0718. The molecule has 1 aliphatic carbocycles. The molecule has 104 valence electrons. The van der Waals surface area contributed by atoms with Gasteiger partial charge >= 0.3 is 0 Å². The molecule has 1 spiro atoms. The van der Waals surface area contributed by atoms with Crippen LogP contribution in [0.15, 0.2) is 0 Å². The van der Waals surface area contributed by atoms with E-state index < -0.39 is 0 Å². The van der Waals surface area contributed by atoms with E-state index in [1.54, 1.807) is 0 Å². The van der Waals surface area contributed by atoms with Crippen LogP contribution in [-0.2, 0) is 4.74 Å². The molecule has 0 aromatic carbocycles. The molecule has 0 radical (unpaired) electrons. The van der Waals surface area contributed by atoms with Crippen LogP contribution in [0.2, 0.25) is 0 Å². The van der Waals surface area contributed by atoms with Gasteiger partial charge in [-0.3, -0.25) is 0 Å². The minimum atomic E-state index is -0.0932. The number of rotatable bonds is 0. The molecule has 0 aromatic rings. The quantitative estimate of drug-likeness (QED) is 0.572. The summed E-state index contributed by atoms with van der Waals surface area (Å²) < 4.78 is 6.51. The Labute approximate surface area is 124 Å². The van der Waals surface area contributed by atoms with Gasteiger partial charge in [0, 0.05) is 10.2 Å². The lowest BCUT2D eigenvalue weighted by Gasteiger charge is -2.54. The van der Waals surface area contributed by atoms with Gasteiger partial charge in [0.25, 0.3) is 0 Å². The molecule has 2 saturated heterocycles. The molecule has 18 heavy (non-hydrogen) atoms. The van der Waals surface area contributed by atoms with Crippen molar-refractivity contribution in [2.45, 2.75) is 80.7 Å². The van der Waals surface area contributed by atoms with Gasteiger partial charge in [-0.05, 0) is 58.8 Å². The van der Waals surface area contributed by atoms with Gasteiger partial charge in [0.1, 0.15) is 0 Å². The lowest BCUT2D eigenvalue weighted by atomic mass is 9.51. The van der Waals surface area contributed by atoms with E-state index >= 15 is 0 Å². The van der Waals surface area contributed by atoms with Gasteiger partial charge in [-0.15, -0.1) is 11.6 Å². The molecule has 3 fully saturated rings. The third-order valence-corrected chi connectivity index (χ3v) is 8.66. The molecular formula is C15H24BrClO. The summed E-state index contributed by atoms with van der Waals surface area (Å²) in [5.74, 6) is 0.636. The Morgan fingerprint density at radius 2 is 1.78 bits per heavy atom. The maximum absolute atomic E-state index is 6.63. The second-order valence-corrected chi connectivity index (χ2v) is 9.44. The fourth-order valence-electron chi connectivity index (χ4n) is 4.93. The second-order valence-electron chi connectivity index (χ2n) is 7.47. The molecule has 2 bridgehead atoms. The molecule has 3 rings (SSSR count). The highest BCUT2D eigenvalue weighted by atomic mass is 79.9. The molecule has 0 aromatic heterocycles. The predicted octanol–water partition coefficient (Wildman–Crippen LogP) is 4.90. The summed E-state index contributed by atoms with van der Waals surface area (Å²) in [5.41, 5.74) is 0.491. The summed E-state index contributed by atoms with van der Waals surface area (Å²) in [5, 5.41) is 0. The molecule has 0 unspecified atom stereocenters. The van der Waals surface area contributed by atoms with Gasteiger partial charge < -0.3 is 4.74 Å². The van der Waals surface area contributed by atoms with Gasteiger partial charge in [-0.1, -0.05) is 22.9 Å². The summed E-state index contributed by atoms with van der Waals surface area (Å²) in [6.45, 7) is 9.23. The molecule has 1 nitrogen and oxygen atoms in total. The number of halogens is 2. The van der Waals surface area contributed by atoms with Crippen molar-refractivity contribution in [3.05, 3.63) is 0 Å². The van der Waals surface area contributed by atoms with Crippen molar-refractivity contribution in [1.29, 1.82) is 0 Å². The standard InChI is InChI=1S/C15H24BrClO/c1-10-13(3)6-7-14(4,18-13)15(10)8-5-12(2,17)11(16)9-15/h10-11H,5-9H2,1-4H3/t10-,11+,12+,13-,14+,15+/m0/s1. The van der Waals surface area contributed by atoms with Crippen LogP contribution in [0.1, 0.15) is 59.8 Å². The fourth-order valence-corrected chi connectivity index (χ4v) is 5.91. The zero-order valence-corrected chi connectivity index (χ0v) is 14.2. The van der Waals surface area contributed by atoms with Crippen LogP contribution in [0.5, 0.6) is 0 Å². The average molecular weight is 336 g/mol. The number of ether oxygens (including phenoxy) is 1. The Morgan fingerprint density at radius 1 is 1.11 bits per heavy atom.